The van der Waals surface area contributed by atoms with Gasteiger partial charge in [-0.1, -0.05) is 18.6 Å². The van der Waals surface area contributed by atoms with E-state index in [0.717, 1.165) is 37.3 Å². The van der Waals surface area contributed by atoms with Crippen LogP contribution in [-0.2, 0) is 6.54 Å². The van der Waals surface area contributed by atoms with E-state index in [1.54, 1.807) is 23.0 Å². The Morgan fingerprint density at radius 1 is 1.03 bits per heavy atom. The maximum atomic E-state index is 13.6. The van der Waals surface area contributed by atoms with Gasteiger partial charge < -0.3 is 9.67 Å². The number of hydrogen-bond donors (Lipinski definition) is 1. The number of pyridine rings is 3. The molecule has 0 aromatic carbocycles. The molecule has 0 saturated carbocycles. The Morgan fingerprint density at radius 3 is 2.41 bits per heavy atom. The number of aromatic hydroxyl groups is 1. The second-order valence-electron chi connectivity index (χ2n) is 7.55. The fourth-order valence-electron chi connectivity index (χ4n) is 4.11. The molecule has 6 nitrogen and oxygen atoms in total. The molecule has 1 aliphatic heterocycles. The smallest absolute Gasteiger partial charge is 0.260 e. The van der Waals surface area contributed by atoms with Crippen molar-refractivity contribution in [2.45, 2.75) is 38.8 Å². The minimum Gasteiger partial charge on any atom is -0.507 e. The summed E-state index contributed by atoms with van der Waals surface area (Å²) in [5, 5.41) is 10.8. The Kier molecular flexibility index (Phi) is 5.71. The van der Waals surface area contributed by atoms with E-state index in [9.17, 15) is 9.90 Å². The molecule has 1 fully saturated rings. The van der Waals surface area contributed by atoms with Crippen LogP contribution in [0.4, 0.5) is 0 Å². The van der Waals surface area contributed by atoms with E-state index >= 15 is 0 Å². The number of piperidine rings is 1. The number of aryl methyl sites for hydroxylation is 1. The highest BCUT2D eigenvalue weighted by Gasteiger charge is 2.30. The number of likely N-dealkylation sites (tertiary alicyclic amines) is 1. The summed E-state index contributed by atoms with van der Waals surface area (Å²) in [6.07, 6.45) is 6.82. The summed E-state index contributed by atoms with van der Waals surface area (Å²) in [6, 6.07) is 12.7. The van der Waals surface area contributed by atoms with E-state index in [0.29, 0.717) is 17.8 Å². The van der Waals surface area contributed by atoms with E-state index in [2.05, 4.69) is 14.9 Å². The maximum Gasteiger partial charge on any atom is 0.260 e. The third kappa shape index (κ3) is 4.07. The van der Waals surface area contributed by atoms with Crippen LogP contribution in [0.15, 0.2) is 59.7 Å². The van der Waals surface area contributed by atoms with Crippen molar-refractivity contribution in [3.05, 3.63) is 87.9 Å². The van der Waals surface area contributed by atoms with Crippen molar-refractivity contribution >= 4 is 0 Å². The lowest BCUT2D eigenvalue weighted by Gasteiger charge is -2.34. The first kappa shape index (κ1) is 19.3. The van der Waals surface area contributed by atoms with E-state index in [1.807, 2.05) is 43.3 Å². The summed E-state index contributed by atoms with van der Waals surface area (Å²) < 4.78 is 1.69. The largest absolute Gasteiger partial charge is 0.507 e. The van der Waals surface area contributed by atoms with Gasteiger partial charge in [0.15, 0.2) is 0 Å². The third-order valence-corrected chi connectivity index (χ3v) is 5.57. The molecule has 1 atom stereocenters. The van der Waals surface area contributed by atoms with Crippen LogP contribution in [-0.4, -0.2) is 37.6 Å². The van der Waals surface area contributed by atoms with Crippen molar-refractivity contribution in [3.63, 3.8) is 0 Å². The number of hydrogen-bond acceptors (Lipinski definition) is 5. The minimum absolute atomic E-state index is 0.0333. The summed E-state index contributed by atoms with van der Waals surface area (Å²) in [5.41, 5.74) is 2.51. The van der Waals surface area contributed by atoms with Crippen molar-refractivity contribution in [1.82, 2.24) is 19.4 Å². The van der Waals surface area contributed by atoms with Gasteiger partial charge in [-0.25, -0.2) is 0 Å². The predicted octanol–water partition coefficient (Wildman–Crippen LogP) is 3.28. The molecule has 0 aliphatic carbocycles. The molecule has 29 heavy (non-hydrogen) atoms. The molecule has 0 spiro atoms. The molecule has 4 heterocycles. The van der Waals surface area contributed by atoms with Crippen molar-refractivity contribution < 1.29 is 5.11 Å². The third-order valence-electron chi connectivity index (χ3n) is 5.57. The molecule has 0 amide bonds. The van der Waals surface area contributed by atoms with Crippen LogP contribution in [0.3, 0.4) is 0 Å². The zero-order valence-electron chi connectivity index (χ0n) is 16.7. The quantitative estimate of drug-likeness (QED) is 0.724. The second kappa shape index (κ2) is 8.57. The Hall–Kier alpha value is -2.99. The van der Waals surface area contributed by atoms with E-state index in [-0.39, 0.29) is 17.4 Å². The molecule has 6 heteroatoms. The molecule has 1 saturated heterocycles. The zero-order valence-corrected chi connectivity index (χ0v) is 16.7. The van der Waals surface area contributed by atoms with Crippen molar-refractivity contribution in [1.29, 1.82) is 0 Å². The van der Waals surface area contributed by atoms with Crippen molar-refractivity contribution in [3.8, 4) is 5.75 Å². The molecule has 0 unspecified atom stereocenters. The fraction of sp³-hybridized carbons (Fsp3) is 0.348. The van der Waals surface area contributed by atoms with Gasteiger partial charge in [0.1, 0.15) is 5.75 Å². The minimum atomic E-state index is -0.361. The van der Waals surface area contributed by atoms with E-state index in [1.165, 1.54) is 6.42 Å². The van der Waals surface area contributed by atoms with Gasteiger partial charge in [-0.15, -0.1) is 0 Å². The SMILES string of the molecule is Cc1cc(O)c([C@H](c2ccccn2)N2CCCCC2)c(=O)n1Cc1ccccn1. The number of rotatable bonds is 5. The Bertz CT molecular complexity index is 1010. The molecule has 0 bridgehead atoms. The van der Waals surface area contributed by atoms with Gasteiger partial charge in [0.25, 0.3) is 5.56 Å². The van der Waals surface area contributed by atoms with Crippen LogP contribution in [0, 0.1) is 6.92 Å². The van der Waals surface area contributed by atoms with Crippen LogP contribution in [0.25, 0.3) is 0 Å². The number of nitrogens with zero attached hydrogens (tertiary/aromatic N) is 4. The summed E-state index contributed by atoms with van der Waals surface area (Å²) in [5.74, 6) is 0.0333. The second-order valence-corrected chi connectivity index (χ2v) is 7.55. The molecular weight excluding hydrogens is 364 g/mol. The monoisotopic (exact) mass is 390 g/mol. The molecule has 3 aromatic rings. The zero-order chi connectivity index (χ0) is 20.2. The van der Waals surface area contributed by atoms with Crippen LogP contribution >= 0.6 is 0 Å². The van der Waals surface area contributed by atoms with Gasteiger partial charge in [0.05, 0.1) is 29.5 Å². The van der Waals surface area contributed by atoms with Crippen molar-refractivity contribution in [2.24, 2.45) is 0 Å². The van der Waals surface area contributed by atoms with Gasteiger partial charge in [0.2, 0.25) is 0 Å². The van der Waals surface area contributed by atoms with Gasteiger partial charge in [-0.2, -0.15) is 0 Å². The highest BCUT2D eigenvalue weighted by atomic mass is 16.3. The first-order valence-electron chi connectivity index (χ1n) is 10.1. The molecule has 0 radical (unpaired) electrons. The normalized spacial score (nSPS) is 15.9. The Morgan fingerprint density at radius 2 is 1.76 bits per heavy atom. The lowest BCUT2D eigenvalue weighted by Crippen LogP contribution is -2.39. The number of aromatic nitrogens is 3. The first-order chi connectivity index (χ1) is 14.1. The Labute approximate surface area is 170 Å². The highest BCUT2D eigenvalue weighted by Crippen LogP contribution is 2.33. The van der Waals surface area contributed by atoms with Gasteiger partial charge in [-0.3, -0.25) is 19.7 Å². The maximum absolute atomic E-state index is 13.6. The topological polar surface area (TPSA) is 71.2 Å². The molecule has 150 valence electrons. The molecule has 4 rings (SSSR count). The highest BCUT2D eigenvalue weighted by molar-refractivity contribution is 5.39. The summed E-state index contributed by atoms with van der Waals surface area (Å²) >= 11 is 0. The first-order valence-corrected chi connectivity index (χ1v) is 10.1. The molecule has 1 aliphatic rings. The van der Waals surface area contributed by atoms with Gasteiger partial charge in [-0.05, 0) is 63.2 Å². The molecule has 3 aromatic heterocycles. The summed E-state index contributed by atoms with van der Waals surface area (Å²) in [6.45, 7) is 3.97. The van der Waals surface area contributed by atoms with Gasteiger partial charge in [0, 0.05) is 18.1 Å². The lowest BCUT2D eigenvalue weighted by atomic mass is 9.98. The molecule has 1 N–H and O–H groups in total. The average molecular weight is 390 g/mol. The predicted molar refractivity (Wildman–Crippen MR) is 112 cm³/mol. The van der Waals surface area contributed by atoms with Crippen LogP contribution in [0.1, 0.15) is 47.9 Å². The van der Waals surface area contributed by atoms with E-state index in [4.69, 9.17) is 0 Å². The fourth-order valence-corrected chi connectivity index (χ4v) is 4.11. The Balaban J connectivity index is 1.84. The summed E-state index contributed by atoms with van der Waals surface area (Å²) in [7, 11) is 0. The molecular formula is C23H26N4O2. The van der Waals surface area contributed by atoms with Crippen LogP contribution in [0.5, 0.6) is 5.75 Å². The lowest BCUT2D eigenvalue weighted by molar-refractivity contribution is 0.180. The average Bonchev–Trinajstić information content (AvgIpc) is 2.76. The van der Waals surface area contributed by atoms with E-state index < -0.39 is 0 Å². The summed E-state index contributed by atoms with van der Waals surface area (Å²) in [4.78, 5) is 24.8. The standard InChI is InChI=1S/C23H26N4O2/c1-17-15-20(28)21(23(29)27(17)16-18-9-3-5-11-24-18)22(19-10-4-6-12-25-19)26-13-7-2-8-14-26/h3-6,9-12,15,22,28H,2,7-8,13-14,16H2,1H3/t22-/m0/s1. The van der Waals surface area contributed by atoms with Crippen molar-refractivity contribution in [2.75, 3.05) is 13.1 Å². The van der Waals surface area contributed by atoms with Gasteiger partial charge >= 0.3 is 0 Å². The van der Waals surface area contributed by atoms with Crippen LogP contribution < -0.4 is 5.56 Å². The van der Waals surface area contributed by atoms with Crippen LogP contribution in [0.2, 0.25) is 0 Å².